The highest BCUT2D eigenvalue weighted by Gasteiger charge is 2.43. The second kappa shape index (κ2) is 16.1. The quantitative estimate of drug-likeness (QED) is 0.281. The molecule has 4 atom stereocenters. The molecule has 1 aliphatic rings. The van der Waals surface area contributed by atoms with Crippen LogP contribution in [0.25, 0.3) is 0 Å². The predicted octanol–water partition coefficient (Wildman–Crippen LogP) is 3.03. The molecule has 0 saturated carbocycles. The van der Waals surface area contributed by atoms with Crippen LogP contribution in [0.1, 0.15) is 72.8 Å². The Morgan fingerprint density at radius 3 is 2.26 bits per heavy atom. The van der Waals surface area contributed by atoms with E-state index >= 15 is 0 Å². The molecule has 1 heterocycles. The van der Waals surface area contributed by atoms with Gasteiger partial charge >= 0.3 is 11.9 Å². The summed E-state index contributed by atoms with van der Waals surface area (Å²) in [5.41, 5.74) is -0.409. The van der Waals surface area contributed by atoms with Crippen LogP contribution in [0.5, 0.6) is 0 Å². The third kappa shape index (κ3) is 9.84. The standard InChI is InChI=1S/C33H47N3O7/c1-9-10-12-17-25-33(6,7)32(41)35-27(21(2)3)31(40)43-28(22(4)5)30(39)36(8)24(20-23-15-13-11-14-16-23)29(38)34-19-18-26(37)42-25/h1,11,13-16,21-22,24-25,27-28H,10,12,17-20H2,2-8H3,(H,34,38)(H,35,41). The van der Waals surface area contributed by atoms with E-state index < -0.39 is 65.3 Å². The van der Waals surface area contributed by atoms with Crippen molar-refractivity contribution in [3.8, 4) is 12.3 Å². The van der Waals surface area contributed by atoms with Crippen molar-refractivity contribution in [1.82, 2.24) is 15.5 Å². The number of nitrogens with zero attached hydrogens (tertiary/aromatic N) is 1. The van der Waals surface area contributed by atoms with Crippen molar-refractivity contribution < 1.29 is 33.4 Å². The van der Waals surface area contributed by atoms with Gasteiger partial charge in [-0.15, -0.1) is 12.3 Å². The largest absolute Gasteiger partial charge is 0.461 e. The van der Waals surface area contributed by atoms with Gasteiger partial charge in [-0.25, -0.2) is 4.79 Å². The lowest BCUT2D eigenvalue weighted by Crippen LogP contribution is -2.56. The number of likely N-dealkylation sites (N-methyl/N-ethyl adjacent to an activating group) is 1. The van der Waals surface area contributed by atoms with Gasteiger partial charge in [0.05, 0.1) is 11.8 Å². The Hall–Kier alpha value is -3.87. The van der Waals surface area contributed by atoms with Gasteiger partial charge < -0.3 is 25.0 Å². The first-order chi connectivity index (χ1) is 20.2. The fourth-order valence-corrected chi connectivity index (χ4v) is 4.82. The Morgan fingerprint density at radius 1 is 1.02 bits per heavy atom. The predicted molar refractivity (Wildman–Crippen MR) is 162 cm³/mol. The number of carbonyl (C=O) groups excluding carboxylic acids is 5. The fourth-order valence-electron chi connectivity index (χ4n) is 4.82. The molecular formula is C33H47N3O7. The van der Waals surface area contributed by atoms with Gasteiger partial charge in [0.15, 0.2) is 6.10 Å². The van der Waals surface area contributed by atoms with Crippen molar-refractivity contribution in [2.24, 2.45) is 17.3 Å². The lowest BCUT2D eigenvalue weighted by atomic mass is 9.82. The number of amides is 3. The van der Waals surface area contributed by atoms with Crippen LogP contribution < -0.4 is 10.6 Å². The van der Waals surface area contributed by atoms with Crippen molar-refractivity contribution >= 4 is 29.7 Å². The summed E-state index contributed by atoms with van der Waals surface area (Å²) in [4.78, 5) is 68.6. The maximum absolute atomic E-state index is 13.8. The molecule has 1 aromatic carbocycles. The number of terminal acetylenes is 1. The molecule has 0 spiro atoms. The van der Waals surface area contributed by atoms with Crippen LogP contribution in [0.4, 0.5) is 0 Å². The number of cyclic esters (lactones) is 2. The number of ether oxygens (including phenoxy) is 2. The minimum absolute atomic E-state index is 0.0350. The summed E-state index contributed by atoms with van der Waals surface area (Å²) in [6, 6.07) is 7.20. The number of unbranched alkanes of at least 4 members (excludes halogenated alkanes) is 1. The van der Waals surface area contributed by atoms with Gasteiger partial charge in [0, 0.05) is 26.4 Å². The summed E-state index contributed by atoms with van der Waals surface area (Å²) in [6.07, 6.45) is 4.71. The normalized spacial score (nSPS) is 24.5. The van der Waals surface area contributed by atoms with E-state index in [9.17, 15) is 24.0 Å². The molecule has 1 aromatic rings. The van der Waals surface area contributed by atoms with E-state index in [0.29, 0.717) is 19.3 Å². The first kappa shape index (κ1) is 35.3. The van der Waals surface area contributed by atoms with Crippen molar-refractivity contribution in [1.29, 1.82) is 0 Å². The summed E-state index contributed by atoms with van der Waals surface area (Å²) >= 11 is 0. The minimum Gasteiger partial charge on any atom is -0.461 e. The van der Waals surface area contributed by atoms with Gasteiger partial charge in [0.2, 0.25) is 11.8 Å². The zero-order chi connectivity index (χ0) is 32.3. The highest BCUT2D eigenvalue weighted by Crippen LogP contribution is 2.29. The molecule has 0 radical (unpaired) electrons. The second-order valence-electron chi connectivity index (χ2n) is 12.3. The average Bonchev–Trinajstić information content (AvgIpc) is 2.95. The number of nitrogens with one attached hydrogen (secondary N) is 2. The third-order valence-corrected chi connectivity index (χ3v) is 7.77. The number of hydrogen-bond acceptors (Lipinski definition) is 7. The molecule has 43 heavy (non-hydrogen) atoms. The lowest BCUT2D eigenvalue weighted by molar-refractivity contribution is -0.168. The van der Waals surface area contributed by atoms with Gasteiger partial charge in [0.1, 0.15) is 18.2 Å². The van der Waals surface area contributed by atoms with E-state index in [4.69, 9.17) is 15.9 Å². The average molecular weight is 598 g/mol. The van der Waals surface area contributed by atoms with E-state index in [0.717, 1.165) is 5.56 Å². The molecule has 4 unspecified atom stereocenters. The molecular weight excluding hydrogens is 550 g/mol. The Morgan fingerprint density at radius 2 is 1.67 bits per heavy atom. The maximum atomic E-state index is 13.8. The Labute approximate surface area is 255 Å². The van der Waals surface area contributed by atoms with E-state index in [1.165, 1.54) is 11.9 Å². The Kier molecular flexibility index (Phi) is 13.2. The molecule has 3 amide bonds. The number of rotatable bonds is 7. The molecule has 2 N–H and O–H groups in total. The Bertz CT molecular complexity index is 1170. The summed E-state index contributed by atoms with van der Waals surface area (Å²) in [5.74, 6) is -1.14. The fraction of sp³-hybridized carbons (Fsp3) is 0.606. The van der Waals surface area contributed by atoms with E-state index in [2.05, 4.69) is 16.6 Å². The SMILES string of the molecule is C#CCCCC1OC(=O)CCNC(=O)C(Cc2ccccc2)N(C)C(=O)C(C(C)C)OC(=O)C(C(C)C)NC(=O)C1(C)C. The minimum atomic E-state index is -1.23. The highest BCUT2D eigenvalue weighted by molar-refractivity contribution is 5.92. The molecule has 10 heteroatoms. The van der Waals surface area contributed by atoms with Crippen LogP contribution in [-0.4, -0.2) is 72.4 Å². The molecule has 0 aromatic heterocycles. The zero-order valence-electron chi connectivity index (χ0n) is 26.5. The van der Waals surface area contributed by atoms with Gasteiger partial charge in [-0.05, 0) is 44.1 Å². The van der Waals surface area contributed by atoms with Gasteiger partial charge in [0.25, 0.3) is 5.91 Å². The summed E-state index contributed by atoms with van der Waals surface area (Å²) in [6.45, 7) is 10.2. The molecule has 10 nitrogen and oxygen atoms in total. The van der Waals surface area contributed by atoms with Crippen molar-refractivity contribution in [2.45, 2.75) is 97.9 Å². The number of benzene rings is 1. The van der Waals surface area contributed by atoms with Crippen molar-refractivity contribution in [3.63, 3.8) is 0 Å². The van der Waals surface area contributed by atoms with Gasteiger partial charge in [-0.1, -0.05) is 58.0 Å². The van der Waals surface area contributed by atoms with Crippen LogP contribution in [0.3, 0.4) is 0 Å². The summed E-state index contributed by atoms with van der Waals surface area (Å²) < 4.78 is 11.6. The third-order valence-electron chi connectivity index (χ3n) is 7.77. The van der Waals surface area contributed by atoms with Crippen LogP contribution >= 0.6 is 0 Å². The number of carbonyl (C=O) groups is 5. The summed E-state index contributed by atoms with van der Waals surface area (Å²) in [5, 5.41) is 5.54. The topological polar surface area (TPSA) is 131 Å². The van der Waals surface area contributed by atoms with Crippen LogP contribution in [0.2, 0.25) is 0 Å². The first-order valence-electron chi connectivity index (χ1n) is 14.9. The van der Waals surface area contributed by atoms with Crippen molar-refractivity contribution in [2.75, 3.05) is 13.6 Å². The first-order valence-corrected chi connectivity index (χ1v) is 14.9. The highest BCUT2D eigenvalue weighted by atomic mass is 16.6. The number of hydrogen-bond donors (Lipinski definition) is 2. The monoisotopic (exact) mass is 597 g/mol. The van der Waals surface area contributed by atoms with Crippen LogP contribution in [0.15, 0.2) is 30.3 Å². The molecule has 2 rings (SSSR count). The van der Waals surface area contributed by atoms with Crippen LogP contribution in [0, 0.1) is 29.6 Å². The molecule has 0 bridgehead atoms. The van der Waals surface area contributed by atoms with Gasteiger partial charge in [-0.3, -0.25) is 19.2 Å². The summed E-state index contributed by atoms with van der Waals surface area (Å²) in [7, 11) is 1.49. The molecule has 1 saturated heterocycles. The van der Waals surface area contributed by atoms with Crippen molar-refractivity contribution in [3.05, 3.63) is 35.9 Å². The van der Waals surface area contributed by atoms with E-state index in [1.54, 1.807) is 41.5 Å². The molecule has 236 valence electrons. The molecule has 0 aliphatic carbocycles. The number of esters is 2. The van der Waals surface area contributed by atoms with Crippen LogP contribution in [-0.2, 0) is 39.9 Å². The molecule has 1 aliphatic heterocycles. The molecule has 1 fully saturated rings. The van der Waals surface area contributed by atoms with E-state index in [-0.39, 0.29) is 25.3 Å². The van der Waals surface area contributed by atoms with Gasteiger partial charge in [-0.2, -0.15) is 0 Å². The Balaban J connectivity index is 2.52. The maximum Gasteiger partial charge on any atom is 0.329 e. The zero-order valence-corrected chi connectivity index (χ0v) is 26.5. The van der Waals surface area contributed by atoms with E-state index in [1.807, 2.05) is 30.3 Å². The second-order valence-corrected chi connectivity index (χ2v) is 12.3. The smallest absolute Gasteiger partial charge is 0.329 e. The lowest BCUT2D eigenvalue weighted by Gasteiger charge is -2.35.